The lowest BCUT2D eigenvalue weighted by molar-refractivity contribution is -0.146. The Morgan fingerprint density at radius 1 is 1.00 bits per heavy atom. The van der Waals surface area contributed by atoms with Crippen molar-refractivity contribution in [3.63, 3.8) is 0 Å². The normalized spacial score (nSPS) is 9.59. The standard InChI is InChI=1S/C16H19NO5/c1-4-21-15(19)13(16(20)22-5-2)11-17(3)14(18)12-9-7-6-8-10-12/h6-11H,4-5H2,1-3H3. The number of benzene rings is 1. The number of carbonyl (C=O) groups excluding carboxylic acids is 3. The number of ether oxygens (including phenoxy) is 2. The van der Waals surface area contributed by atoms with Crippen molar-refractivity contribution in [1.29, 1.82) is 0 Å². The fourth-order valence-corrected chi connectivity index (χ4v) is 1.64. The van der Waals surface area contributed by atoms with Crippen LogP contribution < -0.4 is 0 Å². The molecule has 0 N–H and O–H groups in total. The van der Waals surface area contributed by atoms with E-state index < -0.39 is 11.9 Å². The molecule has 22 heavy (non-hydrogen) atoms. The van der Waals surface area contributed by atoms with E-state index in [0.29, 0.717) is 5.56 Å². The summed E-state index contributed by atoms with van der Waals surface area (Å²) in [6.07, 6.45) is 1.13. The summed E-state index contributed by atoms with van der Waals surface area (Å²) in [6, 6.07) is 8.52. The van der Waals surface area contributed by atoms with E-state index in [-0.39, 0.29) is 24.7 Å². The summed E-state index contributed by atoms with van der Waals surface area (Å²) in [5.74, 6) is -2.01. The second-order valence-electron chi connectivity index (χ2n) is 4.27. The highest BCUT2D eigenvalue weighted by molar-refractivity contribution is 6.14. The van der Waals surface area contributed by atoms with Crippen molar-refractivity contribution in [2.75, 3.05) is 20.3 Å². The molecule has 0 saturated heterocycles. The Hall–Kier alpha value is -2.63. The van der Waals surface area contributed by atoms with Crippen LogP contribution in [-0.2, 0) is 19.1 Å². The molecule has 0 saturated carbocycles. The third-order valence-corrected chi connectivity index (χ3v) is 2.65. The zero-order valence-electron chi connectivity index (χ0n) is 12.9. The average Bonchev–Trinajstić information content (AvgIpc) is 2.52. The molecule has 118 valence electrons. The van der Waals surface area contributed by atoms with Crippen LogP contribution in [0.15, 0.2) is 42.1 Å². The van der Waals surface area contributed by atoms with Gasteiger partial charge in [0.2, 0.25) is 0 Å². The van der Waals surface area contributed by atoms with Crippen molar-refractivity contribution in [1.82, 2.24) is 4.90 Å². The molecule has 1 aromatic carbocycles. The molecule has 6 heteroatoms. The van der Waals surface area contributed by atoms with Crippen LogP contribution in [0.25, 0.3) is 0 Å². The van der Waals surface area contributed by atoms with Gasteiger partial charge in [-0.1, -0.05) is 18.2 Å². The fourth-order valence-electron chi connectivity index (χ4n) is 1.64. The molecule has 6 nitrogen and oxygen atoms in total. The average molecular weight is 305 g/mol. The number of hydrogen-bond donors (Lipinski definition) is 0. The lowest BCUT2D eigenvalue weighted by atomic mass is 10.2. The van der Waals surface area contributed by atoms with Gasteiger partial charge in [-0.05, 0) is 26.0 Å². The smallest absolute Gasteiger partial charge is 0.347 e. The number of amides is 1. The lowest BCUT2D eigenvalue weighted by Gasteiger charge is -2.14. The topological polar surface area (TPSA) is 72.9 Å². The van der Waals surface area contributed by atoms with Crippen LogP contribution >= 0.6 is 0 Å². The maximum atomic E-state index is 12.2. The van der Waals surface area contributed by atoms with Gasteiger partial charge in [0.25, 0.3) is 5.91 Å². The van der Waals surface area contributed by atoms with Crippen molar-refractivity contribution >= 4 is 17.8 Å². The van der Waals surface area contributed by atoms with Gasteiger partial charge in [0.1, 0.15) is 0 Å². The summed E-state index contributed by atoms with van der Waals surface area (Å²) in [5.41, 5.74) is 0.115. The van der Waals surface area contributed by atoms with Gasteiger partial charge < -0.3 is 14.4 Å². The Morgan fingerprint density at radius 3 is 1.95 bits per heavy atom. The molecular formula is C16H19NO5. The van der Waals surface area contributed by atoms with E-state index in [1.54, 1.807) is 44.2 Å². The lowest BCUT2D eigenvalue weighted by Crippen LogP contribution is -2.26. The zero-order valence-corrected chi connectivity index (χ0v) is 12.9. The van der Waals surface area contributed by atoms with E-state index in [1.807, 2.05) is 0 Å². The predicted octanol–water partition coefficient (Wildman–Crippen LogP) is 1.77. The minimum atomic E-state index is -0.825. The fraction of sp³-hybridized carbons (Fsp3) is 0.312. The Bertz CT molecular complexity index is 545. The molecule has 0 aliphatic heterocycles. The molecule has 1 amide bonds. The van der Waals surface area contributed by atoms with Gasteiger partial charge in [-0.15, -0.1) is 0 Å². The molecule has 0 fully saturated rings. The van der Waals surface area contributed by atoms with Gasteiger partial charge in [0, 0.05) is 18.8 Å². The first-order valence-corrected chi connectivity index (χ1v) is 6.89. The first-order chi connectivity index (χ1) is 10.5. The largest absolute Gasteiger partial charge is 0.462 e. The van der Waals surface area contributed by atoms with Gasteiger partial charge in [-0.3, -0.25) is 4.79 Å². The monoisotopic (exact) mass is 305 g/mol. The van der Waals surface area contributed by atoms with Crippen LogP contribution in [0.2, 0.25) is 0 Å². The molecule has 0 radical (unpaired) electrons. The Balaban J connectivity index is 3.01. The van der Waals surface area contributed by atoms with E-state index in [0.717, 1.165) is 11.1 Å². The van der Waals surface area contributed by atoms with Crippen molar-refractivity contribution < 1.29 is 23.9 Å². The number of nitrogens with zero attached hydrogens (tertiary/aromatic N) is 1. The summed E-state index contributed by atoms with van der Waals surface area (Å²) in [7, 11) is 1.45. The highest BCUT2D eigenvalue weighted by Crippen LogP contribution is 2.08. The molecule has 0 heterocycles. The molecular weight excluding hydrogens is 286 g/mol. The van der Waals surface area contributed by atoms with Gasteiger partial charge in [0.05, 0.1) is 13.2 Å². The second-order valence-corrected chi connectivity index (χ2v) is 4.27. The maximum Gasteiger partial charge on any atom is 0.347 e. The van der Waals surface area contributed by atoms with E-state index in [9.17, 15) is 14.4 Å². The van der Waals surface area contributed by atoms with Gasteiger partial charge in [-0.2, -0.15) is 0 Å². The molecule has 0 unspecified atom stereocenters. The van der Waals surface area contributed by atoms with Crippen LogP contribution in [0.3, 0.4) is 0 Å². The van der Waals surface area contributed by atoms with E-state index in [4.69, 9.17) is 9.47 Å². The Labute approximate surface area is 129 Å². The molecule has 0 bridgehead atoms. The summed E-state index contributed by atoms with van der Waals surface area (Å²) in [5, 5.41) is 0. The summed E-state index contributed by atoms with van der Waals surface area (Å²) >= 11 is 0. The molecule has 0 aromatic heterocycles. The SMILES string of the molecule is CCOC(=O)C(=CN(C)C(=O)c1ccccc1)C(=O)OCC. The van der Waals surface area contributed by atoms with E-state index in [1.165, 1.54) is 7.05 Å². The molecule has 0 atom stereocenters. The van der Waals surface area contributed by atoms with Crippen molar-refractivity contribution in [2.24, 2.45) is 0 Å². The van der Waals surface area contributed by atoms with Crippen LogP contribution in [0.5, 0.6) is 0 Å². The van der Waals surface area contributed by atoms with Gasteiger partial charge >= 0.3 is 11.9 Å². The summed E-state index contributed by atoms with van der Waals surface area (Å²) < 4.78 is 9.62. The Morgan fingerprint density at radius 2 is 1.50 bits per heavy atom. The molecule has 0 spiro atoms. The first-order valence-electron chi connectivity index (χ1n) is 6.89. The van der Waals surface area contributed by atoms with Crippen LogP contribution in [0.1, 0.15) is 24.2 Å². The molecule has 0 aliphatic rings. The highest BCUT2D eigenvalue weighted by Gasteiger charge is 2.23. The van der Waals surface area contributed by atoms with Crippen molar-refractivity contribution in [3.8, 4) is 0 Å². The Kier molecular flexibility index (Phi) is 6.82. The second kappa shape index (κ2) is 8.61. The van der Waals surface area contributed by atoms with E-state index in [2.05, 4.69) is 0 Å². The summed E-state index contributed by atoms with van der Waals surface area (Å²) in [6.45, 7) is 3.48. The van der Waals surface area contributed by atoms with Crippen molar-refractivity contribution in [3.05, 3.63) is 47.7 Å². The third-order valence-electron chi connectivity index (χ3n) is 2.65. The first kappa shape index (κ1) is 17.4. The third kappa shape index (κ3) is 4.73. The van der Waals surface area contributed by atoms with Gasteiger partial charge in [0.15, 0.2) is 5.57 Å². The number of rotatable bonds is 6. The quantitative estimate of drug-likeness (QED) is 0.346. The molecule has 1 rings (SSSR count). The minimum Gasteiger partial charge on any atom is -0.462 e. The summed E-state index contributed by atoms with van der Waals surface area (Å²) in [4.78, 5) is 37.0. The number of hydrogen-bond acceptors (Lipinski definition) is 5. The van der Waals surface area contributed by atoms with Crippen molar-refractivity contribution in [2.45, 2.75) is 13.8 Å². The zero-order chi connectivity index (χ0) is 16.5. The molecule has 1 aromatic rings. The van der Waals surface area contributed by atoms with Gasteiger partial charge in [-0.25, -0.2) is 9.59 Å². The van der Waals surface area contributed by atoms with Crippen LogP contribution in [0, 0.1) is 0 Å². The molecule has 0 aliphatic carbocycles. The maximum absolute atomic E-state index is 12.2. The predicted molar refractivity (Wildman–Crippen MR) is 79.9 cm³/mol. The number of carbonyl (C=O) groups is 3. The van der Waals surface area contributed by atoms with Crippen LogP contribution in [-0.4, -0.2) is 43.0 Å². The van der Waals surface area contributed by atoms with Crippen LogP contribution in [0.4, 0.5) is 0 Å². The van der Waals surface area contributed by atoms with E-state index >= 15 is 0 Å². The number of esters is 2. The highest BCUT2D eigenvalue weighted by atomic mass is 16.6. The minimum absolute atomic E-state index is 0.117.